The fraction of sp³-hybridized carbons (Fsp3) is 1.00. The normalized spacial score (nSPS) is 20.8. The van der Waals surface area contributed by atoms with Crippen LogP contribution in [0.2, 0.25) is 0 Å². The summed E-state index contributed by atoms with van der Waals surface area (Å²) < 4.78 is 0. The summed E-state index contributed by atoms with van der Waals surface area (Å²) in [6.45, 7) is 4.29. The molecule has 0 aromatic carbocycles. The molecule has 0 bridgehead atoms. The van der Waals surface area contributed by atoms with Gasteiger partial charge < -0.3 is 20.4 Å². The van der Waals surface area contributed by atoms with Crippen LogP contribution in [0.15, 0.2) is 0 Å². The zero-order valence-electron chi connectivity index (χ0n) is 13.7. The first-order valence-electron chi connectivity index (χ1n) is 7.44. The Morgan fingerprint density at radius 1 is 0.714 bits per heavy atom. The molecule has 2 heterocycles. The molecule has 2 fully saturated rings. The second-order valence-electron chi connectivity index (χ2n) is 5.78. The van der Waals surface area contributed by atoms with E-state index in [0.29, 0.717) is 0 Å². The number of hydrogen-bond acceptors (Lipinski definition) is 2. The second-order valence-corrected chi connectivity index (χ2v) is 9.06. The molecular weight excluding hydrogens is 490 g/mol. The third kappa shape index (κ3) is 12.2. The van der Waals surface area contributed by atoms with E-state index in [1.165, 1.54) is 25.7 Å². The van der Waals surface area contributed by atoms with E-state index in [9.17, 15) is 0 Å². The van der Waals surface area contributed by atoms with Gasteiger partial charge in [-0.15, -0.1) is 26.2 Å². The van der Waals surface area contributed by atoms with Crippen LogP contribution in [0.1, 0.15) is 25.7 Å². The Morgan fingerprint density at radius 3 is 1.10 bits per heavy atom. The van der Waals surface area contributed by atoms with E-state index in [0.717, 1.165) is 38.3 Å². The Bertz CT molecular complexity index is 199. The topological polar surface area (TPSA) is 34.7 Å². The van der Waals surface area contributed by atoms with Crippen LogP contribution < -0.4 is 0 Å². The predicted molar refractivity (Wildman–Crippen MR) is 91.3 cm³/mol. The molecular formula is C14H30Cl2N4Pt. The average molecular weight is 520 g/mol. The van der Waals surface area contributed by atoms with Crippen molar-refractivity contribution in [2.45, 2.75) is 37.8 Å². The fourth-order valence-electron chi connectivity index (χ4n) is 2.51. The van der Waals surface area contributed by atoms with E-state index in [4.69, 9.17) is 18.8 Å². The summed E-state index contributed by atoms with van der Waals surface area (Å²) in [7, 11) is 18.3. The van der Waals surface area contributed by atoms with Crippen molar-refractivity contribution in [1.29, 1.82) is 0 Å². The van der Waals surface area contributed by atoms with Crippen molar-refractivity contribution in [3.05, 3.63) is 10.6 Å². The second kappa shape index (κ2) is 14.7. The predicted octanol–water partition coefficient (Wildman–Crippen LogP) is 3.54. The maximum atomic E-state index is 4.88. The van der Waals surface area contributed by atoms with Gasteiger partial charge in [-0.3, -0.25) is 0 Å². The molecule has 0 N–H and O–H groups in total. The summed E-state index contributed by atoms with van der Waals surface area (Å²) in [5.41, 5.74) is 0. The Hall–Kier alpha value is 1.11. The van der Waals surface area contributed by atoms with Crippen molar-refractivity contribution in [2.75, 3.05) is 54.4 Å². The standard InChI is InChI=1S/2C7H15N2.2ClH.Pt/c2*1-9(2)7-3-5-8-6-4-7;;;/h2*7H,3-6H2,1-2H3;2*1H;/q2*-1;;;+4/p-2. The molecule has 0 saturated carbocycles. The molecule has 0 radical (unpaired) electrons. The van der Waals surface area contributed by atoms with Crippen LogP contribution in [-0.4, -0.2) is 76.3 Å². The third-order valence-corrected chi connectivity index (χ3v) is 3.94. The molecule has 0 spiro atoms. The minimum absolute atomic E-state index is 0.472. The van der Waals surface area contributed by atoms with Crippen molar-refractivity contribution in [2.24, 2.45) is 0 Å². The van der Waals surface area contributed by atoms with Gasteiger partial charge >= 0.3 is 35.3 Å². The molecule has 7 heteroatoms. The van der Waals surface area contributed by atoms with Crippen LogP contribution in [-0.2, 0) is 16.5 Å². The first kappa shape index (κ1) is 22.1. The Labute approximate surface area is 147 Å². The first-order valence-corrected chi connectivity index (χ1v) is 13.1. The summed E-state index contributed by atoms with van der Waals surface area (Å²) in [4.78, 5) is 4.60. The molecule has 4 nitrogen and oxygen atoms in total. The number of hydrogen-bond donors (Lipinski definition) is 0. The molecule has 0 aromatic rings. The van der Waals surface area contributed by atoms with Crippen molar-refractivity contribution in [3.8, 4) is 0 Å². The molecule has 2 aliphatic rings. The van der Waals surface area contributed by atoms with E-state index in [1.54, 1.807) is 0 Å². The van der Waals surface area contributed by atoms with E-state index in [1.807, 2.05) is 0 Å². The van der Waals surface area contributed by atoms with E-state index >= 15 is 0 Å². The van der Waals surface area contributed by atoms with Gasteiger partial charge in [0.15, 0.2) is 0 Å². The third-order valence-electron chi connectivity index (χ3n) is 3.94. The van der Waals surface area contributed by atoms with Crippen LogP contribution in [0, 0.1) is 0 Å². The fourth-order valence-corrected chi connectivity index (χ4v) is 2.51. The molecule has 0 aliphatic carbocycles. The molecule has 0 unspecified atom stereocenters. The van der Waals surface area contributed by atoms with Crippen molar-refractivity contribution < 1.29 is 16.5 Å². The Balaban J connectivity index is 0.000000322. The summed E-state index contributed by atoms with van der Waals surface area (Å²) in [5, 5.41) is 8.57. The van der Waals surface area contributed by atoms with Gasteiger partial charge in [-0.25, -0.2) is 0 Å². The van der Waals surface area contributed by atoms with Gasteiger partial charge in [-0.1, -0.05) is 25.7 Å². The number of rotatable bonds is 2. The monoisotopic (exact) mass is 519 g/mol. The maximum absolute atomic E-state index is 4.88. The molecule has 21 heavy (non-hydrogen) atoms. The summed E-state index contributed by atoms with van der Waals surface area (Å²) >= 11 is -0.472. The van der Waals surface area contributed by atoms with Crippen molar-refractivity contribution >= 4 is 18.8 Å². The molecule has 130 valence electrons. The zero-order chi connectivity index (χ0) is 16.1. The molecule has 2 saturated heterocycles. The van der Waals surface area contributed by atoms with Crippen LogP contribution in [0.4, 0.5) is 0 Å². The van der Waals surface area contributed by atoms with Crippen LogP contribution >= 0.6 is 18.8 Å². The van der Waals surface area contributed by atoms with E-state index in [2.05, 4.69) is 48.6 Å². The Morgan fingerprint density at radius 2 is 0.952 bits per heavy atom. The van der Waals surface area contributed by atoms with Crippen LogP contribution in [0.5, 0.6) is 0 Å². The number of piperidine rings is 2. The van der Waals surface area contributed by atoms with Gasteiger partial charge in [0.1, 0.15) is 0 Å². The quantitative estimate of drug-likeness (QED) is 0.559. The van der Waals surface area contributed by atoms with Gasteiger partial charge in [-0.2, -0.15) is 0 Å². The van der Waals surface area contributed by atoms with Gasteiger partial charge in [0.05, 0.1) is 0 Å². The average Bonchev–Trinajstić information content (AvgIpc) is 2.50. The molecule has 0 atom stereocenters. The first-order chi connectivity index (χ1) is 10.0. The van der Waals surface area contributed by atoms with Crippen molar-refractivity contribution in [1.82, 2.24) is 9.80 Å². The summed E-state index contributed by atoms with van der Waals surface area (Å²) in [6.07, 6.45) is 5.03. The minimum atomic E-state index is -0.472. The molecule has 2 rings (SSSR count). The summed E-state index contributed by atoms with van der Waals surface area (Å²) in [6, 6.07) is 1.59. The Kier molecular flexibility index (Phi) is 15.5. The van der Waals surface area contributed by atoms with E-state index in [-0.39, 0.29) is 0 Å². The summed E-state index contributed by atoms with van der Waals surface area (Å²) in [5.74, 6) is 0. The molecule has 0 amide bonds. The number of nitrogens with zero attached hydrogens (tertiary/aromatic N) is 4. The van der Waals surface area contributed by atoms with Crippen molar-refractivity contribution in [3.63, 3.8) is 0 Å². The van der Waals surface area contributed by atoms with Crippen LogP contribution in [0.25, 0.3) is 10.6 Å². The number of halogens is 2. The molecule has 2 aliphatic heterocycles. The SMILES string of the molecule is CN(C)C1CC[N-]CC1.CN(C)C1CC[N-]CC1.[Cl][Pt+2][Cl]. The van der Waals surface area contributed by atoms with Crippen LogP contribution in [0.3, 0.4) is 0 Å². The zero-order valence-corrected chi connectivity index (χ0v) is 17.5. The molecule has 0 aromatic heterocycles. The van der Waals surface area contributed by atoms with Gasteiger partial charge in [0, 0.05) is 12.1 Å². The van der Waals surface area contributed by atoms with E-state index < -0.39 is 16.5 Å². The van der Waals surface area contributed by atoms with Gasteiger partial charge in [0.2, 0.25) is 0 Å². The van der Waals surface area contributed by atoms with Gasteiger partial charge in [0.25, 0.3) is 0 Å². The van der Waals surface area contributed by atoms with Gasteiger partial charge in [-0.05, 0) is 28.2 Å².